The zero-order valence-corrected chi connectivity index (χ0v) is 12.5. The van der Waals surface area contributed by atoms with Gasteiger partial charge in [0, 0.05) is 12.6 Å². The van der Waals surface area contributed by atoms with Gasteiger partial charge in [0.1, 0.15) is 5.75 Å². The minimum absolute atomic E-state index is 0.181. The number of aromatic nitrogens is 2. The van der Waals surface area contributed by atoms with E-state index >= 15 is 0 Å². The molecule has 0 spiro atoms. The molecule has 112 valence electrons. The summed E-state index contributed by atoms with van der Waals surface area (Å²) in [5.74, 6) is 0.483. The van der Waals surface area contributed by atoms with Gasteiger partial charge in [-0.1, -0.05) is 12.1 Å². The Morgan fingerprint density at radius 3 is 2.91 bits per heavy atom. The molecule has 5 nitrogen and oxygen atoms in total. The summed E-state index contributed by atoms with van der Waals surface area (Å²) in [5.41, 5.74) is 3.02. The molecule has 0 saturated carbocycles. The van der Waals surface area contributed by atoms with Crippen LogP contribution in [0.1, 0.15) is 17.3 Å². The van der Waals surface area contributed by atoms with Gasteiger partial charge >= 0.3 is 0 Å². The molecule has 0 fully saturated rings. The minimum atomic E-state index is -0.181. The van der Waals surface area contributed by atoms with E-state index in [1.54, 1.807) is 18.5 Å². The van der Waals surface area contributed by atoms with Gasteiger partial charge in [0.05, 0.1) is 29.7 Å². The number of fused-ring (bicyclic) bond motifs is 1. The Morgan fingerprint density at radius 2 is 2.09 bits per heavy atom. The number of para-hydroxylation sites is 2. The molecule has 0 aliphatic heterocycles. The molecule has 3 rings (SSSR count). The van der Waals surface area contributed by atoms with E-state index in [1.807, 2.05) is 48.9 Å². The third kappa shape index (κ3) is 2.65. The fraction of sp³-hybridized carbons (Fsp3) is 0.176. The van der Waals surface area contributed by atoms with Crippen molar-refractivity contribution in [3.8, 4) is 5.75 Å². The monoisotopic (exact) mass is 295 g/mol. The minimum Gasteiger partial charge on any atom is -0.492 e. The van der Waals surface area contributed by atoms with Crippen LogP contribution in [-0.4, -0.2) is 22.1 Å². The second-order valence-electron chi connectivity index (χ2n) is 4.94. The maximum atomic E-state index is 12.4. The Morgan fingerprint density at radius 1 is 1.27 bits per heavy atom. The normalized spacial score (nSPS) is 10.6. The van der Waals surface area contributed by atoms with E-state index in [2.05, 4.69) is 10.3 Å². The van der Waals surface area contributed by atoms with Crippen molar-refractivity contribution in [2.45, 2.75) is 6.92 Å². The summed E-state index contributed by atoms with van der Waals surface area (Å²) in [6.45, 7) is 2.46. The molecule has 0 aliphatic carbocycles. The highest BCUT2D eigenvalue weighted by atomic mass is 16.5. The maximum absolute atomic E-state index is 12.4. The predicted molar refractivity (Wildman–Crippen MR) is 86.3 cm³/mol. The van der Waals surface area contributed by atoms with Gasteiger partial charge in [-0.3, -0.25) is 4.79 Å². The second-order valence-corrected chi connectivity index (χ2v) is 4.94. The summed E-state index contributed by atoms with van der Waals surface area (Å²) in [7, 11) is 1.92. The molecule has 1 N–H and O–H groups in total. The molecule has 0 bridgehead atoms. The van der Waals surface area contributed by atoms with Crippen LogP contribution in [0.5, 0.6) is 5.75 Å². The number of benzene rings is 2. The molecule has 1 heterocycles. The first-order valence-electron chi connectivity index (χ1n) is 7.13. The number of imidazole rings is 1. The van der Waals surface area contributed by atoms with Crippen LogP contribution in [-0.2, 0) is 7.05 Å². The highest BCUT2D eigenvalue weighted by Gasteiger charge is 2.11. The van der Waals surface area contributed by atoms with E-state index in [-0.39, 0.29) is 5.91 Å². The molecule has 22 heavy (non-hydrogen) atoms. The maximum Gasteiger partial charge on any atom is 0.255 e. The van der Waals surface area contributed by atoms with Gasteiger partial charge in [0.15, 0.2) is 0 Å². The summed E-state index contributed by atoms with van der Waals surface area (Å²) >= 11 is 0. The molecule has 1 amide bonds. The number of ether oxygens (including phenoxy) is 1. The third-order valence-electron chi connectivity index (χ3n) is 3.42. The molecule has 0 unspecified atom stereocenters. The van der Waals surface area contributed by atoms with Crippen molar-refractivity contribution in [1.82, 2.24) is 9.55 Å². The Hall–Kier alpha value is -2.82. The van der Waals surface area contributed by atoms with E-state index < -0.39 is 0 Å². The number of carbonyl (C=O) groups is 1. The first-order chi connectivity index (χ1) is 10.7. The Balaban J connectivity index is 1.87. The van der Waals surface area contributed by atoms with Gasteiger partial charge in [-0.05, 0) is 37.3 Å². The number of amides is 1. The average Bonchev–Trinajstić information content (AvgIpc) is 2.90. The lowest BCUT2D eigenvalue weighted by molar-refractivity contribution is 0.102. The van der Waals surface area contributed by atoms with Crippen molar-refractivity contribution in [3.63, 3.8) is 0 Å². The number of rotatable bonds is 4. The van der Waals surface area contributed by atoms with E-state index in [9.17, 15) is 4.79 Å². The molecule has 0 saturated heterocycles. The van der Waals surface area contributed by atoms with Crippen molar-refractivity contribution in [1.29, 1.82) is 0 Å². The van der Waals surface area contributed by atoms with Crippen LogP contribution < -0.4 is 10.1 Å². The number of hydrogen-bond acceptors (Lipinski definition) is 3. The van der Waals surface area contributed by atoms with Crippen molar-refractivity contribution < 1.29 is 9.53 Å². The van der Waals surface area contributed by atoms with E-state index in [0.717, 1.165) is 11.0 Å². The average molecular weight is 295 g/mol. The summed E-state index contributed by atoms with van der Waals surface area (Å²) < 4.78 is 7.43. The number of hydrogen-bond donors (Lipinski definition) is 1. The Labute approximate surface area is 128 Å². The van der Waals surface area contributed by atoms with Crippen LogP contribution in [0.2, 0.25) is 0 Å². The molecular formula is C17H17N3O2. The van der Waals surface area contributed by atoms with Crippen LogP contribution in [0.4, 0.5) is 5.69 Å². The quantitative estimate of drug-likeness (QED) is 0.804. The second kappa shape index (κ2) is 5.89. The van der Waals surface area contributed by atoms with Crippen LogP contribution in [0.3, 0.4) is 0 Å². The van der Waals surface area contributed by atoms with Gasteiger partial charge in [0.2, 0.25) is 0 Å². The third-order valence-corrected chi connectivity index (χ3v) is 3.42. The standard InChI is InChI=1S/C17H17N3O2/c1-3-22-16-7-5-4-6-13(16)19-17(21)12-8-9-15-14(10-12)18-11-20(15)2/h4-11H,3H2,1-2H3,(H,19,21). The van der Waals surface area contributed by atoms with E-state index in [4.69, 9.17) is 4.74 Å². The van der Waals surface area contributed by atoms with Crippen LogP contribution >= 0.6 is 0 Å². The predicted octanol–water partition coefficient (Wildman–Crippen LogP) is 3.22. The lowest BCUT2D eigenvalue weighted by atomic mass is 10.1. The molecule has 0 aliphatic rings. The first-order valence-corrected chi connectivity index (χ1v) is 7.13. The van der Waals surface area contributed by atoms with Crippen molar-refractivity contribution in [3.05, 3.63) is 54.4 Å². The molecule has 0 atom stereocenters. The van der Waals surface area contributed by atoms with Crippen LogP contribution in [0.25, 0.3) is 11.0 Å². The van der Waals surface area contributed by atoms with Gasteiger partial charge in [-0.15, -0.1) is 0 Å². The number of aryl methyl sites for hydroxylation is 1. The van der Waals surface area contributed by atoms with Gasteiger partial charge in [-0.2, -0.15) is 0 Å². The van der Waals surface area contributed by atoms with Gasteiger partial charge < -0.3 is 14.6 Å². The zero-order valence-electron chi connectivity index (χ0n) is 12.5. The lowest BCUT2D eigenvalue weighted by Gasteiger charge is -2.11. The summed E-state index contributed by atoms with van der Waals surface area (Å²) in [4.78, 5) is 16.7. The van der Waals surface area contributed by atoms with Crippen LogP contribution in [0, 0.1) is 0 Å². The largest absolute Gasteiger partial charge is 0.492 e. The summed E-state index contributed by atoms with van der Waals surface area (Å²) in [6.07, 6.45) is 1.73. The molecule has 1 aromatic heterocycles. The number of anilines is 1. The smallest absolute Gasteiger partial charge is 0.255 e. The fourth-order valence-electron chi connectivity index (χ4n) is 2.32. The Kier molecular flexibility index (Phi) is 3.78. The number of nitrogens with zero attached hydrogens (tertiary/aromatic N) is 2. The first kappa shape index (κ1) is 14.1. The molecular weight excluding hydrogens is 278 g/mol. The van der Waals surface area contributed by atoms with Crippen molar-refractivity contribution >= 4 is 22.6 Å². The number of nitrogens with one attached hydrogen (secondary N) is 1. The summed E-state index contributed by atoms with van der Waals surface area (Å²) in [5, 5.41) is 2.88. The number of carbonyl (C=O) groups excluding carboxylic acids is 1. The topological polar surface area (TPSA) is 56.1 Å². The lowest BCUT2D eigenvalue weighted by Crippen LogP contribution is -2.13. The molecule has 3 aromatic rings. The highest BCUT2D eigenvalue weighted by Crippen LogP contribution is 2.24. The highest BCUT2D eigenvalue weighted by molar-refractivity contribution is 6.06. The zero-order chi connectivity index (χ0) is 15.5. The van der Waals surface area contributed by atoms with Crippen molar-refractivity contribution in [2.24, 2.45) is 7.05 Å². The molecule has 0 radical (unpaired) electrons. The van der Waals surface area contributed by atoms with E-state index in [0.29, 0.717) is 23.6 Å². The molecule has 5 heteroatoms. The van der Waals surface area contributed by atoms with Gasteiger partial charge in [0.25, 0.3) is 5.91 Å². The van der Waals surface area contributed by atoms with Crippen molar-refractivity contribution in [2.75, 3.05) is 11.9 Å². The van der Waals surface area contributed by atoms with Gasteiger partial charge in [-0.25, -0.2) is 4.98 Å². The summed E-state index contributed by atoms with van der Waals surface area (Å²) in [6, 6.07) is 12.9. The fourth-order valence-corrected chi connectivity index (χ4v) is 2.32. The molecule has 2 aromatic carbocycles. The SMILES string of the molecule is CCOc1ccccc1NC(=O)c1ccc2c(c1)ncn2C. The Bertz CT molecular complexity index is 824. The van der Waals surface area contributed by atoms with E-state index in [1.165, 1.54) is 0 Å². The van der Waals surface area contributed by atoms with Crippen LogP contribution in [0.15, 0.2) is 48.8 Å².